The number of anilines is 1. The number of aryl methyl sites for hydroxylation is 2. The molecule has 2 N–H and O–H groups in total. The number of rotatable bonds is 6. The molecule has 132 valence electrons. The first-order valence-electron chi connectivity index (χ1n) is 7.64. The second kappa shape index (κ2) is 8.48. The Bertz CT molecular complexity index is 775. The molecule has 0 radical (unpaired) electrons. The molecule has 1 heterocycles. The molecule has 0 atom stereocenters. The van der Waals surface area contributed by atoms with Crippen LogP contribution in [0.25, 0.3) is 0 Å². The van der Waals surface area contributed by atoms with E-state index in [0.29, 0.717) is 10.8 Å². The third-order valence-corrected chi connectivity index (χ3v) is 3.92. The van der Waals surface area contributed by atoms with Crippen LogP contribution in [-0.2, 0) is 9.53 Å². The zero-order valence-electron chi connectivity index (χ0n) is 14.2. The van der Waals surface area contributed by atoms with Gasteiger partial charge < -0.3 is 15.2 Å². The Morgan fingerprint density at radius 2 is 1.88 bits per heavy atom. The molecule has 0 aliphatic heterocycles. The van der Waals surface area contributed by atoms with Gasteiger partial charge in [0.15, 0.2) is 5.16 Å². The van der Waals surface area contributed by atoms with Gasteiger partial charge in [0.1, 0.15) is 11.3 Å². The van der Waals surface area contributed by atoms with Gasteiger partial charge in [-0.1, -0.05) is 11.8 Å². The third kappa shape index (κ3) is 5.46. The zero-order chi connectivity index (χ0) is 18.4. The predicted octanol–water partition coefficient (Wildman–Crippen LogP) is 2.71. The SMILES string of the molecule is CCOC(=O)c1ccc(NC(=O)CSc2nc(C)cc(C)n2)cc1O. The number of nitrogens with one attached hydrogen (secondary N) is 1. The van der Waals surface area contributed by atoms with Crippen LogP contribution in [0.4, 0.5) is 5.69 Å². The summed E-state index contributed by atoms with van der Waals surface area (Å²) in [7, 11) is 0. The number of phenols is 1. The molecule has 25 heavy (non-hydrogen) atoms. The fourth-order valence-corrected chi connectivity index (χ4v) is 2.83. The fraction of sp³-hybridized carbons (Fsp3) is 0.294. The van der Waals surface area contributed by atoms with Crippen LogP contribution >= 0.6 is 11.8 Å². The van der Waals surface area contributed by atoms with E-state index in [9.17, 15) is 14.7 Å². The maximum atomic E-state index is 12.0. The van der Waals surface area contributed by atoms with Gasteiger partial charge >= 0.3 is 5.97 Å². The van der Waals surface area contributed by atoms with Crippen molar-refractivity contribution in [2.45, 2.75) is 25.9 Å². The Kier molecular flexibility index (Phi) is 6.35. The van der Waals surface area contributed by atoms with Gasteiger partial charge in [-0.25, -0.2) is 14.8 Å². The lowest BCUT2D eigenvalue weighted by molar-refractivity contribution is -0.113. The molecule has 0 aliphatic rings. The molecule has 7 nitrogen and oxygen atoms in total. The molecule has 0 saturated heterocycles. The molecule has 2 rings (SSSR count). The number of hydrogen-bond donors (Lipinski definition) is 2. The quantitative estimate of drug-likeness (QED) is 0.463. The number of carbonyl (C=O) groups is 2. The minimum atomic E-state index is -0.611. The summed E-state index contributed by atoms with van der Waals surface area (Å²) < 4.78 is 4.83. The van der Waals surface area contributed by atoms with E-state index in [1.807, 2.05) is 19.9 Å². The van der Waals surface area contributed by atoms with Crippen LogP contribution in [0.2, 0.25) is 0 Å². The van der Waals surface area contributed by atoms with E-state index in [-0.39, 0.29) is 29.6 Å². The Morgan fingerprint density at radius 3 is 2.48 bits per heavy atom. The number of esters is 1. The highest BCUT2D eigenvalue weighted by molar-refractivity contribution is 7.99. The number of nitrogens with zero attached hydrogens (tertiary/aromatic N) is 2. The molecule has 1 aromatic carbocycles. The average Bonchev–Trinajstić information content (AvgIpc) is 2.52. The van der Waals surface area contributed by atoms with Crippen molar-refractivity contribution >= 4 is 29.3 Å². The monoisotopic (exact) mass is 361 g/mol. The number of ether oxygens (including phenoxy) is 1. The predicted molar refractivity (Wildman–Crippen MR) is 94.9 cm³/mol. The van der Waals surface area contributed by atoms with Crippen molar-refractivity contribution in [2.75, 3.05) is 17.7 Å². The number of hydrogen-bond acceptors (Lipinski definition) is 7. The largest absolute Gasteiger partial charge is 0.507 e. The van der Waals surface area contributed by atoms with Crippen LogP contribution in [0.15, 0.2) is 29.4 Å². The highest BCUT2D eigenvalue weighted by Gasteiger charge is 2.13. The van der Waals surface area contributed by atoms with Crippen molar-refractivity contribution in [2.24, 2.45) is 0 Å². The van der Waals surface area contributed by atoms with Crippen molar-refractivity contribution < 1.29 is 19.4 Å². The molecular weight excluding hydrogens is 342 g/mol. The first-order valence-corrected chi connectivity index (χ1v) is 8.62. The fourth-order valence-electron chi connectivity index (χ4n) is 2.08. The van der Waals surface area contributed by atoms with Crippen molar-refractivity contribution in [1.82, 2.24) is 9.97 Å². The summed E-state index contributed by atoms with van der Waals surface area (Å²) in [5.74, 6) is -0.999. The molecule has 2 aromatic rings. The van der Waals surface area contributed by atoms with Gasteiger partial charge in [0, 0.05) is 23.1 Å². The maximum absolute atomic E-state index is 12.0. The minimum absolute atomic E-state index is 0.0536. The molecule has 0 unspecified atom stereocenters. The Balaban J connectivity index is 1.96. The average molecular weight is 361 g/mol. The van der Waals surface area contributed by atoms with Gasteiger partial charge in [-0.15, -0.1) is 0 Å². The molecule has 0 bridgehead atoms. The Morgan fingerprint density at radius 1 is 1.20 bits per heavy atom. The van der Waals surface area contributed by atoms with Crippen molar-refractivity contribution in [1.29, 1.82) is 0 Å². The number of amides is 1. The highest BCUT2D eigenvalue weighted by Crippen LogP contribution is 2.23. The summed E-state index contributed by atoms with van der Waals surface area (Å²) in [6.45, 7) is 5.63. The normalized spacial score (nSPS) is 10.4. The summed E-state index contributed by atoms with van der Waals surface area (Å²) in [4.78, 5) is 32.2. The molecular formula is C17H19N3O4S. The second-order valence-corrected chi connectivity index (χ2v) is 6.17. The van der Waals surface area contributed by atoms with Crippen LogP contribution < -0.4 is 5.32 Å². The zero-order valence-corrected chi connectivity index (χ0v) is 15.0. The minimum Gasteiger partial charge on any atom is -0.507 e. The molecule has 0 spiro atoms. The van der Waals surface area contributed by atoms with E-state index in [0.717, 1.165) is 11.4 Å². The molecule has 0 aliphatic carbocycles. The second-order valence-electron chi connectivity index (χ2n) is 5.22. The van der Waals surface area contributed by atoms with Crippen molar-refractivity contribution in [3.8, 4) is 5.75 Å². The first-order chi connectivity index (χ1) is 11.9. The van der Waals surface area contributed by atoms with Crippen LogP contribution in [0, 0.1) is 13.8 Å². The lowest BCUT2D eigenvalue weighted by Gasteiger charge is -2.08. The standard InChI is InChI=1S/C17H19N3O4S/c1-4-24-16(23)13-6-5-12(8-14(13)21)20-15(22)9-25-17-18-10(2)7-11(3)19-17/h5-8,21H,4,9H2,1-3H3,(H,20,22). The number of carbonyl (C=O) groups excluding carboxylic acids is 2. The summed E-state index contributed by atoms with van der Waals surface area (Å²) in [5, 5.41) is 13.1. The number of benzene rings is 1. The van der Waals surface area contributed by atoms with E-state index in [1.165, 1.54) is 30.0 Å². The lowest BCUT2D eigenvalue weighted by Crippen LogP contribution is -2.14. The Labute approximate surface area is 149 Å². The van der Waals surface area contributed by atoms with Crippen LogP contribution in [-0.4, -0.2) is 39.3 Å². The summed E-state index contributed by atoms with van der Waals surface area (Å²) in [6.07, 6.45) is 0. The van der Waals surface area contributed by atoms with E-state index >= 15 is 0 Å². The van der Waals surface area contributed by atoms with Crippen LogP contribution in [0.3, 0.4) is 0 Å². The molecule has 1 amide bonds. The van der Waals surface area contributed by atoms with Crippen molar-refractivity contribution in [3.05, 3.63) is 41.2 Å². The smallest absolute Gasteiger partial charge is 0.341 e. The first kappa shape index (κ1) is 18.7. The summed E-state index contributed by atoms with van der Waals surface area (Å²) >= 11 is 1.22. The highest BCUT2D eigenvalue weighted by atomic mass is 32.2. The number of aromatic nitrogens is 2. The van der Waals surface area contributed by atoms with Crippen LogP contribution in [0.5, 0.6) is 5.75 Å². The molecule has 0 fully saturated rings. The summed E-state index contributed by atoms with van der Waals surface area (Å²) in [6, 6.07) is 6.10. The van der Waals surface area contributed by atoms with Gasteiger partial charge in [-0.2, -0.15) is 0 Å². The number of thioether (sulfide) groups is 1. The number of aromatic hydroxyl groups is 1. The molecule has 8 heteroatoms. The van der Waals surface area contributed by atoms with Crippen molar-refractivity contribution in [3.63, 3.8) is 0 Å². The van der Waals surface area contributed by atoms with Gasteiger partial charge in [-0.05, 0) is 39.0 Å². The molecule has 1 aromatic heterocycles. The molecule has 0 saturated carbocycles. The van der Waals surface area contributed by atoms with Gasteiger partial charge in [0.2, 0.25) is 5.91 Å². The topological polar surface area (TPSA) is 101 Å². The summed E-state index contributed by atoms with van der Waals surface area (Å²) in [5.41, 5.74) is 2.13. The number of phenolic OH excluding ortho intramolecular Hbond substituents is 1. The van der Waals surface area contributed by atoms with E-state index in [4.69, 9.17) is 4.74 Å². The van der Waals surface area contributed by atoms with Gasteiger partial charge in [-0.3, -0.25) is 4.79 Å². The van der Waals surface area contributed by atoms with Gasteiger partial charge in [0.25, 0.3) is 0 Å². The van der Waals surface area contributed by atoms with E-state index < -0.39 is 5.97 Å². The van der Waals surface area contributed by atoms with Gasteiger partial charge in [0.05, 0.1) is 12.4 Å². The maximum Gasteiger partial charge on any atom is 0.341 e. The lowest BCUT2D eigenvalue weighted by atomic mass is 10.2. The third-order valence-electron chi connectivity index (χ3n) is 3.07. The van der Waals surface area contributed by atoms with Crippen LogP contribution in [0.1, 0.15) is 28.7 Å². The van der Waals surface area contributed by atoms with E-state index in [1.54, 1.807) is 6.92 Å². The Hall–Kier alpha value is -2.61. The van der Waals surface area contributed by atoms with E-state index in [2.05, 4.69) is 15.3 Å².